The summed E-state index contributed by atoms with van der Waals surface area (Å²) in [5.41, 5.74) is 0. The minimum Gasteiger partial charge on any atom is -0.298 e. The van der Waals surface area contributed by atoms with Crippen LogP contribution in [-0.2, 0) is 0 Å². The van der Waals surface area contributed by atoms with E-state index < -0.39 is 0 Å². The highest BCUT2D eigenvalue weighted by molar-refractivity contribution is 5.59. The molecule has 0 saturated heterocycles. The number of rotatable bonds is 0. The Morgan fingerprint density at radius 2 is 0.263 bits per heavy atom. The first-order chi connectivity index (χ1) is 38.0. The van der Waals surface area contributed by atoms with Gasteiger partial charge in [-0.05, 0) is 63.8 Å². The van der Waals surface area contributed by atoms with Gasteiger partial charge in [-0.3, -0.25) is 9.98 Å². The summed E-state index contributed by atoms with van der Waals surface area (Å²) in [6.45, 7) is 42.1. The molecule has 0 radical (unpaired) electrons. The third-order valence-electron chi connectivity index (χ3n) is 12.7. The topological polar surface area (TPSA) is 24.7 Å². The van der Waals surface area contributed by atoms with Gasteiger partial charge >= 0.3 is 0 Å². The van der Waals surface area contributed by atoms with Crippen molar-refractivity contribution < 1.29 is 0 Å². The van der Waals surface area contributed by atoms with Crippen LogP contribution >= 0.6 is 0 Å². The van der Waals surface area contributed by atoms with Crippen LogP contribution in [0.3, 0.4) is 0 Å². The Balaban J connectivity index is -0.0000000769. The normalized spacial score (nSPS) is 17.8. The second-order valence-corrected chi connectivity index (χ2v) is 18.4. The monoisotopic (exact) mass is 1080 g/mol. The molecule has 2 nitrogen and oxygen atoms in total. The average molecular weight is 1080 g/mol. The van der Waals surface area contributed by atoms with Gasteiger partial charge in [-0.2, -0.15) is 0 Å². The Morgan fingerprint density at radius 1 is 0.145 bits per heavy atom. The van der Waals surface area contributed by atoms with E-state index in [0.29, 0.717) is 0 Å². The summed E-state index contributed by atoms with van der Waals surface area (Å²) < 4.78 is 0. The Bertz CT molecular complexity index is 595. The third-order valence-corrected chi connectivity index (χ3v) is 12.7. The standard InChI is InChI=1S/C7H14.3C6H12.C6H10.3C5H10.2C4H7N.10C2H6/c1-2-4-6-7-5-3-1;4*1-2-4-6-5-3-1;5*1-2-4-5-3-1;10*1-2/h1-7H2;3*1-6H2;1-2H,3-6H2;3*1-5H2;2*3H,1-2,4H2;10*1-2H3. The summed E-state index contributed by atoms with van der Waals surface area (Å²) in [5.74, 6) is 0. The van der Waals surface area contributed by atoms with Crippen LogP contribution in [0.5, 0.6) is 0 Å². The maximum Gasteiger partial charge on any atom is 0.0388 e. The largest absolute Gasteiger partial charge is 0.298 e. The minimum atomic E-state index is 1.07. The second kappa shape index (κ2) is 130. The van der Waals surface area contributed by atoms with Crippen molar-refractivity contribution in [3.63, 3.8) is 0 Å². The van der Waals surface area contributed by atoms with Gasteiger partial charge in [-0.15, -0.1) is 0 Å². The van der Waals surface area contributed by atoms with E-state index in [0.717, 1.165) is 13.1 Å². The Labute approximate surface area is 492 Å². The first-order valence-corrected chi connectivity index (χ1v) is 36.6. The molecule has 0 spiro atoms. The number of hydrogen-bond acceptors (Lipinski definition) is 2. The molecule has 2 heterocycles. The van der Waals surface area contributed by atoms with Gasteiger partial charge in [0.1, 0.15) is 0 Å². The van der Waals surface area contributed by atoms with Crippen LogP contribution in [-0.4, -0.2) is 25.5 Å². The molecule has 0 aromatic rings. The molecule has 0 N–H and O–H groups in total. The molecule has 0 amide bonds. The SMILES string of the molecule is C1=CCCCC1.C1=NCCC1.C1=NCCC1.C1CCCC1.C1CCCC1.C1CCCC1.C1CCCCC1.C1CCCCC1.C1CCCCC1.C1CCCCCC1.CC.CC.CC.CC.CC.CC.CC.CC.CC.CC. The molecular weight excluding hydrogens is 917 g/mol. The van der Waals surface area contributed by atoms with Crippen molar-refractivity contribution in [3.05, 3.63) is 12.2 Å². The highest BCUT2D eigenvalue weighted by Crippen LogP contribution is 2.19. The van der Waals surface area contributed by atoms with Gasteiger partial charge in [-0.1, -0.05) is 407 Å². The van der Waals surface area contributed by atoms with Gasteiger partial charge in [0.25, 0.3) is 0 Å². The van der Waals surface area contributed by atoms with E-state index in [1.807, 2.05) is 151 Å². The van der Waals surface area contributed by atoms with Gasteiger partial charge in [0, 0.05) is 13.1 Å². The van der Waals surface area contributed by atoms with Crippen LogP contribution in [0.2, 0.25) is 0 Å². The molecule has 2 heteroatoms. The summed E-state index contributed by atoms with van der Waals surface area (Å²) in [5, 5.41) is 0. The molecule has 10 rings (SSSR count). The average Bonchev–Trinajstić information content (AvgIpc) is 4.44. The van der Waals surface area contributed by atoms with Crippen LogP contribution in [0.4, 0.5) is 0 Å². The summed E-state index contributed by atoms with van der Waals surface area (Å²) in [6.07, 6.45) is 78.9. The van der Waals surface area contributed by atoms with Gasteiger partial charge < -0.3 is 0 Å². The van der Waals surface area contributed by atoms with Gasteiger partial charge in [0.05, 0.1) is 0 Å². The molecular formula is C74H164N2. The third kappa shape index (κ3) is 125. The quantitative estimate of drug-likeness (QED) is 0.171. The first kappa shape index (κ1) is 97.3. The van der Waals surface area contributed by atoms with E-state index in [4.69, 9.17) is 0 Å². The minimum absolute atomic E-state index is 1.07. The number of hydrogen-bond donors (Lipinski definition) is 0. The van der Waals surface area contributed by atoms with Gasteiger partial charge in [0.15, 0.2) is 0 Å². The van der Waals surface area contributed by atoms with Crippen LogP contribution < -0.4 is 0 Å². The fourth-order valence-electron chi connectivity index (χ4n) is 8.74. The van der Waals surface area contributed by atoms with E-state index in [9.17, 15) is 0 Å². The molecule has 0 aromatic carbocycles. The molecule has 2 aliphatic heterocycles. The van der Waals surface area contributed by atoms with Crippen molar-refractivity contribution in [2.45, 2.75) is 447 Å². The van der Waals surface area contributed by atoms with Gasteiger partial charge in [0.2, 0.25) is 0 Å². The zero-order valence-corrected chi connectivity index (χ0v) is 58.6. The molecule has 0 aromatic heterocycles. The smallest absolute Gasteiger partial charge is 0.0388 e. The van der Waals surface area contributed by atoms with Crippen LogP contribution in [0.25, 0.3) is 0 Å². The fourth-order valence-corrected chi connectivity index (χ4v) is 8.74. The van der Waals surface area contributed by atoms with Crippen LogP contribution in [0, 0.1) is 0 Å². The fraction of sp³-hybridized carbons (Fsp3) is 0.946. The summed E-state index contributed by atoms with van der Waals surface area (Å²) in [7, 11) is 0. The van der Waals surface area contributed by atoms with E-state index >= 15 is 0 Å². The van der Waals surface area contributed by atoms with Crippen molar-refractivity contribution in [3.8, 4) is 0 Å². The zero-order valence-electron chi connectivity index (χ0n) is 58.6. The molecule has 8 aliphatic carbocycles. The molecule has 7 saturated carbocycles. The number of aliphatic imine (C=N–C) groups is 2. The zero-order chi connectivity index (χ0) is 59.6. The molecule has 470 valence electrons. The molecule has 10 aliphatic rings. The lowest BCUT2D eigenvalue weighted by atomic mass is 10.0. The predicted molar refractivity (Wildman–Crippen MR) is 371 cm³/mol. The Kier molecular flexibility index (Phi) is 167. The van der Waals surface area contributed by atoms with E-state index in [1.165, 1.54) is 308 Å². The van der Waals surface area contributed by atoms with Crippen molar-refractivity contribution in [1.82, 2.24) is 0 Å². The molecule has 0 bridgehead atoms. The maximum atomic E-state index is 3.96. The van der Waals surface area contributed by atoms with E-state index in [2.05, 4.69) is 22.1 Å². The van der Waals surface area contributed by atoms with Crippen molar-refractivity contribution in [2.24, 2.45) is 9.98 Å². The van der Waals surface area contributed by atoms with Crippen LogP contribution in [0.15, 0.2) is 22.1 Å². The van der Waals surface area contributed by atoms with Crippen molar-refractivity contribution in [2.75, 3.05) is 13.1 Å². The maximum absolute atomic E-state index is 3.96. The lowest BCUT2D eigenvalue weighted by molar-refractivity contribution is 0.504. The molecule has 0 unspecified atom stereocenters. The van der Waals surface area contributed by atoms with Crippen molar-refractivity contribution >= 4 is 12.4 Å². The predicted octanol–water partition coefficient (Wildman–Crippen LogP) is 29.7. The van der Waals surface area contributed by atoms with E-state index in [-0.39, 0.29) is 0 Å². The summed E-state index contributed by atoms with van der Waals surface area (Å²) in [4.78, 5) is 7.92. The van der Waals surface area contributed by atoms with Crippen LogP contribution in [0.1, 0.15) is 447 Å². The lowest BCUT2D eigenvalue weighted by Crippen LogP contribution is -1.85. The van der Waals surface area contributed by atoms with Gasteiger partial charge in [-0.25, -0.2) is 0 Å². The summed E-state index contributed by atoms with van der Waals surface area (Å²) in [6, 6.07) is 0. The first-order valence-electron chi connectivity index (χ1n) is 36.6. The highest BCUT2D eigenvalue weighted by Gasteiger charge is 1.99. The second-order valence-electron chi connectivity index (χ2n) is 18.4. The molecule has 7 fully saturated rings. The Hall–Kier alpha value is -0.920. The van der Waals surface area contributed by atoms with E-state index in [1.54, 1.807) is 0 Å². The molecule has 76 heavy (non-hydrogen) atoms. The lowest BCUT2D eigenvalue weighted by Gasteiger charge is -2.05. The highest BCUT2D eigenvalue weighted by atomic mass is 14.7. The Morgan fingerprint density at radius 3 is 0.303 bits per heavy atom. The number of allylic oxidation sites excluding steroid dienone is 2. The molecule has 0 atom stereocenters. The number of nitrogens with zero attached hydrogens (tertiary/aromatic N) is 2. The summed E-state index contributed by atoms with van der Waals surface area (Å²) >= 11 is 0. The van der Waals surface area contributed by atoms with Crippen molar-refractivity contribution in [1.29, 1.82) is 0 Å².